The zero-order chi connectivity index (χ0) is 27.7. The van der Waals surface area contributed by atoms with Crippen molar-refractivity contribution in [3.05, 3.63) is 28.8 Å². The van der Waals surface area contributed by atoms with Gasteiger partial charge in [-0.25, -0.2) is 13.2 Å². The molecular formula is C23H36F3N3O6S. The number of alkyl halides is 3. The highest BCUT2D eigenvalue weighted by molar-refractivity contribution is 7.89. The number of carbonyl (C=O) groups excluding carboxylic acids is 1. The van der Waals surface area contributed by atoms with Crippen molar-refractivity contribution in [2.45, 2.75) is 58.2 Å². The molecule has 0 atom stereocenters. The topological polar surface area (TPSA) is 116 Å². The summed E-state index contributed by atoms with van der Waals surface area (Å²) in [6.45, 7) is 12.7. The number of amides is 1. The lowest BCUT2D eigenvalue weighted by atomic mass is 10.1. The number of halogens is 3. The minimum Gasteiger partial charge on any atom is -0.475 e. The predicted molar refractivity (Wildman–Crippen MR) is 128 cm³/mol. The smallest absolute Gasteiger partial charge is 0.475 e. The fraction of sp³-hybridized carbons (Fsp3) is 0.652. The maximum Gasteiger partial charge on any atom is 0.490 e. The van der Waals surface area contributed by atoms with Gasteiger partial charge < -0.3 is 20.1 Å². The fourth-order valence-corrected chi connectivity index (χ4v) is 5.55. The third-order valence-corrected chi connectivity index (χ3v) is 7.38. The number of ether oxygens (including phenoxy) is 1. The molecule has 0 bridgehead atoms. The van der Waals surface area contributed by atoms with E-state index in [9.17, 15) is 26.4 Å². The number of carboxylic acid groups (broad SMARTS) is 1. The molecule has 1 amide bonds. The van der Waals surface area contributed by atoms with Gasteiger partial charge in [-0.3, -0.25) is 4.79 Å². The number of rotatable bonds is 9. The summed E-state index contributed by atoms with van der Waals surface area (Å²) in [6.07, 6.45) is -4.46. The van der Waals surface area contributed by atoms with Crippen LogP contribution in [0.4, 0.5) is 13.2 Å². The fourth-order valence-electron chi connectivity index (χ4n) is 3.71. The number of piperazine rings is 1. The summed E-state index contributed by atoms with van der Waals surface area (Å²) < 4.78 is 65.7. The van der Waals surface area contributed by atoms with Gasteiger partial charge in [-0.05, 0) is 52.2 Å². The van der Waals surface area contributed by atoms with Crippen LogP contribution in [0, 0.1) is 20.8 Å². The Hall–Kier alpha value is -2.22. The van der Waals surface area contributed by atoms with Gasteiger partial charge in [0.25, 0.3) is 0 Å². The van der Waals surface area contributed by atoms with E-state index in [-0.39, 0.29) is 25.1 Å². The molecule has 0 radical (unpaired) electrons. The number of nitrogens with one attached hydrogen (secondary N) is 1. The van der Waals surface area contributed by atoms with Crippen LogP contribution in [0.25, 0.3) is 0 Å². The Morgan fingerprint density at radius 3 is 2.08 bits per heavy atom. The molecule has 0 spiro atoms. The summed E-state index contributed by atoms with van der Waals surface area (Å²) >= 11 is 0. The molecule has 2 rings (SSSR count). The highest BCUT2D eigenvalue weighted by Crippen LogP contribution is 2.25. The lowest BCUT2D eigenvalue weighted by Crippen LogP contribution is -2.50. The van der Waals surface area contributed by atoms with E-state index in [1.54, 1.807) is 4.90 Å². The number of carboxylic acids is 1. The summed E-state index contributed by atoms with van der Waals surface area (Å²) in [6, 6.07) is 3.75. The second kappa shape index (κ2) is 13.9. The van der Waals surface area contributed by atoms with Gasteiger partial charge in [0.15, 0.2) is 0 Å². The molecule has 1 aromatic rings. The molecule has 1 aliphatic heterocycles. The van der Waals surface area contributed by atoms with Gasteiger partial charge in [0, 0.05) is 39.3 Å². The van der Waals surface area contributed by atoms with Crippen LogP contribution in [0.2, 0.25) is 0 Å². The van der Waals surface area contributed by atoms with Crippen molar-refractivity contribution in [2.75, 3.05) is 45.9 Å². The quantitative estimate of drug-likeness (QED) is 0.463. The number of hydrogen-bond acceptors (Lipinski definition) is 6. The molecule has 1 saturated heterocycles. The van der Waals surface area contributed by atoms with Crippen LogP contribution in [0.15, 0.2) is 17.0 Å². The average molecular weight is 540 g/mol. The van der Waals surface area contributed by atoms with Crippen molar-refractivity contribution in [1.29, 1.82) is 0 Å². The van der Waals surface area contributed by atoms with E-state index < -0.39 is 22.2 Å². The monoisotopic (exact) mass is 539 g/mol. The standard InChI is InChI=1S/C21H35N3O4S.C2HF3O2/c1-16(2)28-12-6-9-24(15-20(25)23-10-7-22-8-11-23)29(26,27)21-18(4)13-17(3)14-19(21)5;3-2(4,5)1(6)7/h13-14,16,22H,6-12,15H2,1-5H3;(H,6,7). The highest BCUT2D eigenvalue weighted by atomic mass is 32.2. The van der Waals surface area contributed by atoms with Crippen LogP contribution in [0.5, 0.6) is 0 Å². The molecule has 1 aliphatic rings. The summed E-state index contributed by atoms with van der Waals surface area (Å²) in [5.41, 5.74) is 2.44. The van der Waals surface area contributed by atoms with Gasteiger partial charge in [-0.15, -0.1) is 0 Å². The number of sulfonamides is 1. The Bertz CT molecular complexity index is 970. The van der Waals surface area contributed by atoms with E-state index in [0.717, 1.165) is 18.7 Å². The van der Waals surface area contributed by atoms with Gasteiger partial charge in [0.05, 0.1) is 17.5 Å². The van der Waals surface area contributed by atoms with Gasteiger partial charge >= 0.3 is 12.1 Å². The van der Waals surface area contributed by atoms with E-state index in [4.69, 9.17) is 14.6 Å². The van der Waals surface area contributed by atoms with E-state index in [2.05, 4.69) is 5.32 Å². The Balaban J connectivity index is 0.000000809. The Kier molecular flexibility index (Phi) is 12.3. The molecule has 0 saturated carbocycles. The molecule has 36 heavy (non-hydrogen) atoms. The van der Waals surface area contributed by atoms with Gasteiger partial charge in [0.1, 0.15) is 0 Å². The molecular weight excluding hydrogens is 503 g/mol. The van der Waals surface area contributed by atoms with Gasteiger partial charge in [0.2, 0.25) is 15.9 Å². The SMILES string of the molecule is Cc1cc(C)c(S(=O)(=O)N(CCCOC(C)C)CC(=O)N2CCNCC2)c(C)c1.O=C(O)C(F)(F)F. The van der Waals surface area contributed by atoms with Crippen molar-refractivity contribution in [2.24, 2.45) is 0 Å². The van der Waals surface area contributed by atoms with Crippen LogP contribution in [0.3, 0.4) is 0 Å². The largest absolute Gasteiger partial charge is 0.490 e. The molecule has 206 valence electrons. The predicted octanol–water partition coefficient (Wildman–Crippen LogP) is 2.48. The van der Waals surface area contributed by atoms with Gasteiger partial charge in [-0.2, -0.15) is 17.5 Å². The van der Waals surface area contributed by atoms with Crippen molar-refractivity contribution in [3.63, 3.8) is 0 Å². The molecule has 0 aromatic heterocycles. The van der Waals surface area contributed by atoms with E-state index >= 15 is 0 Å². The Morgan fingerprint density at radius 2 is 1.64 bits per heavy atom. The van der Waals surface area contributed by atoms with Crippen molar-refractivity contribution in [1.82, 2.24) is 14.5 Å². The zero-order valence-electron chi connectivity index (χ0n) is 21.3. The lowest BCUT2D eigenvalue weighted by molar-refractivity contribution is -0.192. The molecule has 2 N–H and O–H groups in total. The van der Waals surface area contributed by atoms with Crippen molar-refractivity contribution < 1.29 is 41.0 Å². The first-order chi connectivity index (χ1) is 16.6. The van der Waals surface area contributed by atoms with Crippen LogP contribution in [-0.4, -0.2) is 92.8 Å². The summed E-state index contributed by atoms with van der Waals surface area (Å²) in [4.78, 5) is 23.7. The lowest BCUT2D eigenvalue weighted by Gasteiger charge is -2.30. The molecule has 1 fully saturated rings. The summed E-state index contributed by atoms with van der Waals surface area (Å²) in [7, 11) is -3.80. The first-order valence-electron chi connectivity index (χ1n) is 11.6. The second-order valence-electron chi connectivity index (χ2n) is 8.77. The first-order valence-corrected chi connectivity index (χ1v) is 13.0. The van der Waals surface area contributed by atoms with Crippen LogP contribution >= 0.6 is 0 Å². The first kappa shape index (κ1) is 31.8. The maximum absolute atomic E-state index is 13.5. The third kappa shape index (κ3) is 10.0. The Labute approximate surface area is 210 Å². The zero-order valence-corrected chi connectivity index (χ0v) is 22.1. The van der Waals surface area contributed by atoms with E-state index in [1.165, 1.54) is 4.31 Å². The van der Waals surface area contributed by atoms with E-state index in [1.807, 2.05) is 46.8 Å². The van der Waals surface area contributed by atoms with Crippen LogP contribution in [-0.2, 0) is 24.3 Å². The molecule has 13 heteroatoms. The van der Waals surface area contributed by atoms with Crippen molar-refractivity contribution >= 4 is 21.9 Å². The minimum absolute atomic E-state index is 0.0872. The van der Waals surface area contributed by atoms with Crippen LogP contribution in [0.1, 0.15) is 37.0 Å². The summed E-state index contributed by atoms with van der Waals surface area (Å²) in [5.74, 6) is -2.91. The van der Waals surface area contributed by atoms with Crippen LogP contribution < -0.4 is 5.32 Å². The molecule has 1 aromatic carbocycles. The normalized spacial score (nSPS) is 14.6. The van der Waals surface area contributed by atoms with Crippen molar-refractivity contribution in [3.8, 4) is 0 Å². The maximum atomic E-state index is 13.5. The number of benzene rings is 1. The number of aryl methyl sites for hydroxylation is 3. The third-order valence-electron chi connectivity index (χ3n) is 5.23. The highest BCUT2D eigenvalue weighted by Gasteiger charge is 2.38. The molecule has 0 aliphatic carbocycles. The Morgan fingerprint density at radius 1 is 1.14 bits per heavy atom. The minimum atomic E-state index is -5.08. The number of carbonyl (C=O) groups is 2. The molecule has 0 unspecified atom stereocenters. The average Bonchev–Trinajstić information content (AvgIpc) is 2.74. The number of nitrogens with zero attached hydrogens (tertiary/aromatic N) is 2. The number of aliphatic carboxylic acids is 1. The van der Waals surface area contributed by atoms with Gasteiger partial charge in [-0.1, -0.05) is 17.7 Å². The molecule has 1 heterocycles. The summed E-state index contributed by atoms with van der Waals surface area (Å²) in [5, 5.41) is 10.3. The molecule has 9 nitrogen and oxygen atoms in total. The number of hydrogen-bond donors (Lipinski definition) is 2. The van der Waals surface area contributed by atoms with E-state index in [0.29, 0.717) is 42.1 Å². The second-order valence-corrected chi connectivity index (χ2v) is 10.6.